The monoisotopic (exact) mass is 434 g/mol. The lowest BCUT2D eigenvalue weighted by Crippen LogP contribution is -2.13. The molecule has 0 saturated carbocycles. The van der Waals surface area contributed by atoms with Crippen molar-refractivity contribution in [3.8, 4) is 22.6 Å². The first-order valence-corrected chi connectivity index (χ1v) is 9.11. The number of aryl methyl sites for hydroxylation is 1. The van der Waals surface area contributed by atoms with Gasteiger partial charge in [0.25, 0.3) is 0 Å². The van der Waals surface area contributed by atoms with E-state index in [1.54, 1.807) is 12.1 Å². The van der Waals surface area contributed by atoms with Crippen LogP contribution in [0.2, 0.25) is 0 Å². The lowest BCUT2D eigenvalue weighted by Gasteiger charge is -2.12. The summed E-state index contributed by atoms with van der Waals surface area (Å²) in [6.45, 7) is -0.364. The highest BCUT2D eigenvalue weighted by Crippen LogP contribution is 2.32. The van der Waals surface area contributed by atoms with Gasteiger partial charge in [-0.05, 0) is 43.4 Å². The van der Waals surface area contributed by atoms with Gasteiger partial charge in [0.1, 0.15) is 17.2 Å². The first-order chi connectivity index (χ1) is 14.9. The van der Waals surface area contributed by atoms with Gasteiger partial charge in [0, 0.05) is 12.1 Å². The maximum atomic E-state index is 13.3. The summed E-state index contributed by atoms with van der Waals surface area (Å²) < 4.78 is 54.3. The van der Waals surface area contributed by atoms with Crippen LogP contribution >= 0.6 is 0 Å². The van der Waals surface area contributed by atoms with Crippen LogP contribution < -0.4 is 5.73 Å². The van der Waals surface area contributed by atoms with E-state index in [9.17, 15) is 22.4 Å². The average molecular weight is 434 g/mol. The Hall–Kier alpha value is -3.60. The minimum atomic E-state index is -4.34. The Bertz CT molecular complexity index is 1180. The second-order valence-electron chi connectivity index (χ2n) is 6.30. The minimum absolute atomic E-state index is 0.200. The van der Waals surface area contributed by atoms with Crippen LogP contribution in [0.1, 0.15) is 16.9 Å². The number of nitrogens with two attached hydrogens (primary N) is 1. The molecule has 0 spiro atoms. The van der Waals surface area contributed by atoms with E-state index >= 15 is 0 Å². The predicted octanol–water partition coefficient (Wildman–Crippen LogP) is 3.74. The second-order valence-corrected chi connectivity index (χ2v) is 6.30. The molecular formula is C20H18F4N6O. The van der Waals surface area contributed by atoms with E-state index in [-0.39, 0.29) is 12.2 Å². The highest BCUT2D eigenvalue weighted by Gasteiger charge is 2.28. The molecule has 0 radical (unpaired) electrons. The lowest BCUT2D eigenvalue weighted by molar-refractivity contribution is -0.136. The van der Waals surface area contributed by atoms with Crippen LogP contribution in [-0.4, -0.2) is 43.7 Å². The molecule has 4 aromatic rings. The lowest BCUT2D eigenvalue weighted by atomic mass is 10.1. The molecule has 0 aliphatic heterocycles. The van der Waals surface area contributed by atoms with Crippen molar-refractivity contribution in [3.63, 3.8) is 0 Å². The van der Waals surface area contributed by atoms with Crippen LogP contribution in [0.3, 0.4) is 0 Å². The van der Waals surface area contributed by atoms with E-state index in [1.165, 1.54) is 52.9 Å². The second kappa shape index (κ2) is 9.04. The van der Waals surface area contributed by atoms with Crippen LogP contribution in [0.25, 0.3) is 28.3 Å². The first-order valence-electron chi connectivity index (χ1n) is 9.11. The highest BCUT2D eigenvalue weighted by atomic mass is 19.4. The van der Waals surface area contributed by atoms with Crippen molar-refractivity contribution in [2.45, 2.75) is 19.1 Å². The van der Waals surface area contributed by atoms with Gasteiger partial charge in [0.2, 0.25) is 0 Å². The molecule has 0 amide bonds. The van der Waals surface area contributed by atoms with Crippen molar-refractivity contribution in [3.05, 3.63) is 60.4 Å². The van der Waals surface area contributed by atoms with Gasteiger partial charge in [0.05, 0.1) is 30.3 Å². The van der Waals surface area contributed by atoms with E-state index < -0.39 is 18.4 Å². The molecule has 3 heterocycles. The summed E-state index contributed by atoms with van der Waals surface area (Å²) >= 11 is 0. The molecule has 31 heavy (non-hydrogen) atoms. The van der Waals surface area contributed by atoms with E-state index in [4.69, 9.17) is 0 Å². The number of nitrogens with zero attached hydrogens (tertiary/aromatic N) is 5. The highest BCUT2D eigenvalue weighted by molar-refractivity contribution is 5.78. The topological polar surface area (TPSA) is 91.1 Å². The molecule has 0 unspecified atom stereocenters. The molecule has 7 nitrogen and oxygen atoms in total. The Morgan fingerprint density at radius 1 is 1.06 bits per heavy atom. The molecule has 0 saturated heterocycles. The summed E-state index contributed by atoms with van der Waals surface area (Å²) in [5.41, 5.74) is 6.63. The normalized spacial score (nSPS) is 11.3. The number of carbonyl (C=O) groups is 1. The predicted molar refractivity (Wildman–Crippen MR) is 106 cm³/mol. The number of halogens is 4. The Morgan fingerprint density at radius 3 is 2.42 bits per heavy atom. The first kappa shape index (κ1) is 22.1. The maximum absolute atomic E-state index is 13.3. The summed E-state index contributed by atoms with van der Waals surface area (Å²) in [5.74, 6) is -0.444. The van der Waals surface area contributed by atoms with Gasteiger partial charge in [-0.3, -0.25) is 4.79 Å². The summed E-state index contributed by atoms with van der Waals surface area (Å²) in [6, 6.07) is 8.65. The molecule has 0 atom stereocenters. The summed E-state index contributed by atoms with van der Waals surface area (Å²) in [5, 5.41) is 4.36. The largest absolute Gasteiger partial charge is 0.390 e. The molecule has 0 bridgehead atoms. The van der Waals surface area contributed by atoms with Gasteiger partial charge in [-0.1, -0.05) is 0 Å². The van der Waals surface area contributed by atoms with E-state index in [0.717, 1.165) is 0 Å². The van der Waals surface area contributed by atoms with Gasteiger partial charge < -0.3 is 10.3 Å². The SMILES string of the molecule is CN.O=Cc1cnc2ccc(-c3c(-c4ccc(F)cc4)ncn3CCC(F)(F)F)nn12. The zero-order valence-corrected chi connectivity index (χ0v) is 16.3. The Balaban J connectivity index is 0.00000132. The summed E-state index contributed by atoms with van der Waals surface area (Å²) in [7, 11) is 1.50. The quantitative estimate of drug-likeness (QED) is 0.382. The van der Waals surface area contributed by atoms with Crippen molar-refractivity contribution in [1.82, 2.24) is 24.1 Å². The number of aromatic nitrogens is 5. The van der Waals surface area contributed by atoms with Crippen LogP contribution in [0.5, 0.6) is 0 Å². The molecule has 4 rings (SSSR count). The zero-order chi connectivity index (χ0) is 22.6. The molecule has 3 aromatic heterocycles. The number of aldehydes is 1. The molecule has 0 aliphatic rings. The molecule has 11 heteroatoms. The maximum Gasteiger partial charge on any atom is 0.390 e. The molecule has 2 N–H and O–H groups in total. The van der Waals surface area contributed by atoms with Gasteiger partial charge in [-0.2, -0.15) is 18.3 Å². The number of alkyl halides is 3. The Labute approximate surface area is 174 Å². The number of fused-ring (bicyclic) bond motifs is 1. The third-order valence-corrected chi connectivity index (χ3v) is 4.34. The van der Waals surface area contributed by atoms with Crippen molar-refractivity contribution < 1.29 is 22.4 Å². The van der Waals surface area contributed by atoms with Crippen molar-refractivity contribution in [2.24, 2.45) is 5.73 Å². The molecule has 1 aromatic carbocycles. The van der Waals surface area contributed by atoms with Gasteiger partial charge in [-0.25, -0.2) is 18.9 Å². The number of hydrogen-bond acceptors (Lipinski definition) is 5. The van der Waals surface area contributed by atoms with E-state index in [0.29, 0.717) is 34.6 Å². The van der Waals surface area contributed by atoms with Crippen LogP contribution in [-0.2, 0) is 6.54 Å². The van der Waals surface area contributed by atoms with E-state index in [2.05, 4.69) is 20.8 Å². The van der Waals surface area contributed by atoms with Crippen molar-refractivity contribution in [2.75, 3.05) is 7.05 Å². The van der Waals surface area contributed by atoms with Crippen LogP contribution in [0.15, 0.2) is 48.9 Å². The van der Waals surface area contributed by atoms with E-state index in [1.807, 2.05) is 0 Å². The fourth-order valence-corrected chi connectivity index (χ4v) is 2.98. The molecule has 0 fully saturated rings. The van der Waals surface area contributed by atoms with Crippen molar-refractivity contribution in [1.29, 1.82) is 0 Å². The fourth-order valence-electron chi connectivity index (χ4n) is 2.98. The van der Waals surface area contributed by atoms with Gasteiger partial charge in [-0.15, -0.1) is 0 Å². The molecule has 0 aliphatic carbocycles. The molecule has 162 valence electrons. The average Bonchev–Trinajstić information content (AvgIpc) is 3.37. The Kier molecular flexibility index (Phi) is 6.44. The summed E-state index contributed by atoms with van der Waals surface area (Å²) in [4.78, 5) is 19.5. The zero-order valence-electron chi connectivity index (χ0n) is 16.3. The standard InChI is InChI=1S/C19H13F4N5O.CH5N/c20-13-3-1-12(2-4-13)17-18(27(11-25-17)8-7-19(21,22)23)15-5-6-16-24-9-14(10-29)28(16)26-15;1-2/h1-6,9-11H,7-8H2;2H2,1H3. The minimum Gasteiger partial charge on any atom is -0.333 e. The number of imidazole rings is 2. The number of rotatable bonds is 5. The Morgan fingerprint density at radius 2 is 1.77 bits per heavy atom. The third-order valence-electron chi connectivity index (χ3n) is 4.34. The number of benzene rings is 1. The van der Waals surface area contributed by atoms with Crippen molar-refractivity contribution >= 4 is 11.9 Å². The third kappa shape index (κ3) is 4.77. The van der Waals surface area contributed by atoms with Gasteiger partial charge >= 0.3 is 6.18 Å². The van der Waals surface area contributed by atoms with Gasteiger partial charge in [0.15, 0.2) is 11.9 Å². The number of hydrogen-bond donors (Lipinski definition) is 1. The van der Waals surface area contributed by atoms with Crippen LogP contribution in [0.4, 0.5) is 17.6 Å². The summed E-state index contributed by atoms with van der Waals surface area (Å²) in [6.07, 6.45) is -2.17. The fraction of sp³-hybridized carbons (Fsp3) is 0.200. The number of carbonyl (C=O) groups excluding carboxylic acids is 1. The molecular weight excluding hydrogens is 416 g/mol. The smallest absolute Gasteiger partial charge is 0.333 e. The van der Waals surface area contributed by atoms with Crippen LogP contribution in [0, 0.1) is 5.82 Å².